The number of nitrogens with one attached hydrogen (secondary N) is 1. The van der Waals surface area contributed by atoms with Gasteiger partial charge in [-0.05, 0) is 31.4 Å². The standard InChI is InChI=1S/C17H18N2OS/c1-4-14(13-8-6-5-7-9-13)16(20)19-17-15(10-18)11(2)12(3)21-17/h5-9,14H,4H2,1-3H3,(H,19,20). The first-order valence-corrected chi connectivity index (χ1v) is 7.76. The van der Waals surface area contributed by atoms with E-state index in [-0.39, 0.29) is 11.8 Å². The topological polar surface area (TPSA) is 52.9 Å². The van der Waals surface area contributed by atoms with Crippen molar-refractivity contribution in [1.29, 1.82) is 5.26 Å². The molecule has 0 aliphatic rings. The molecule has 0 aliphatic heterocycles. The lowest BCUT2D eigenvalue weighted by Gasteiger charge is -2.14. The highest BCUT2D eigenvalue weighted by atomic mass is 32.1. The van der Waals surface area contributed by atoms with Gasteiger partial charge in [-0.1, -0.05) is 37.3 Å². The van der Waals surface area contributed by atoms with Gasteiger partial charge in [0.25, 0.3) is 0 Å². The van der Waals surface area contributed by atoms with Crippen molar-refractivity contribution in [2.24, 2.45) is 0 Å². The molecule has 2 aromatic rings. The molecule has 1 heterocycles. The number of amides is 1. The van der Waals surface area contributed by atoms with Crippen molar-refractivity contribution in [2.75, 3.05) is 5.32 Å². The second-order valence-electron chi connectivity index (χ2n) is 4.96. The molecule has 0 saturated heterocycles. The van der Waals surface area contributed by atoms with Gasteiger partial charge in [0.1, 0.15) is 11.1 Å². The summed E-state index contributed by atoms with van der Waals surface area (Å²) in [6.07, 6.45) is 0.723. The second kappa shape index (κ2) is 6.55. The molecule has 1 aromatic carbocycles. The third-order valence-electron chi connectivity index (χ3n) is 3.66. The highest BCUT2D eigenvalue weighted by molar-refractivity contribution is 7.16. The Morgan fingerprint density at radius 1 is 1.33 bits per heavy atom. The molecule has 0 fully saturated rings. The molecule has 0 aliphatic carbocycles. The number of carbonyl (C=O) groups excluding carboxylic acids is 1. The number of carbonyl (C=O) groups is 1. The summed E-state index contributed by atoms with van der Waals surface area (Å²) in [7, 11) is 0. The van der Waals surface area contributed by atoms with Crippen molar-refractivity contribution in [3.05, 3.63) is 51.9 Å². The fourth-order valence-electron chi connectivity index (χ4n) is 2.31. The zero-order valence-electron chi connectivity index (χ0n) is 12.4. The number of rotatable bonds is 4. The minimum absolute atomic E-state index is 0.0542. The molecule has 1 atom stereocenters. The van der Waals surface area contributed by atoms with Crippen LogP contribution in [0.25, 0.3) is 0 Å². The Hall–Kier alpha value is -2.12. The first-order valence-electron chi connectivity index (χ1n) is 6.94. The molecule has 1 amide bonds. The molecule has 3 nitrogen and oxygen atoms in total. The highest BCUT2D eigenvalue weighted by Crippen LogP contribution is 2.33. The van der Waals surface area contributed by atoms with Gasteiger partial charge in [0.15, 0.2) is 0 Å². The van der Waals surface area contributed by atoms with Crippen LogP contribution in [0.4, 0.5) is 5.00 Å². The Labute approximate surface area is 129 Å². The first-order chi connectivity index (χ1) is 10.1. The minimum Gasteiger partial charge on any atom is -0.316 e. The fourth-order valence-corrected chi connectivity index (χ4v) is 3.32. The van der Waals surface area contributed by atoms with Crippen LogP contribution in [0.2, 0.25) is 0 Å². The lowest BCUT2D eigenvalue weighted by Crippen LogP contribution is -2.20. The third kappa shape index (κ3) is 3.14. The number of hydrogen-bond donors (Lipinski definition) is 1. The quantitative estimate of drug-likeness (QED) is 0.911. The lowest BCUT2D eigenvalue weighted by molar-refractivity contribution is -0.117. The summed E-state index contributed by atoms with van der Waals surface area (Å²) >= 11 is 1.46. The fraction of sp³-hybridized carbons (Fsp3) is 0.294. The van der Waals surface area contributed by atoms with Gasteiger partial charge < -0.3 is 5.32 Å². The molecular formula is C17H18N2OS. The van der Waals surface area contributed by atoms with Crippen molar-refractivity contribution in [1.82, 2.24) is 0 Å². The maximum atomic E-state index is 12.5. The van der Waals surface area contributed by atoms with Crippen LogP contribution in [0.5, 0.6) is 0 Å². The largest absolute Gasteiger partial charge is 0.316 e. The van der Waals surface area contributed by atoms with Crippen LogP contribution >= 0.6 is 11.3 Å². The number of nitrogens with zero attached hydrogens (tertiary/aromatic N) is 1. The van der Waals surface area contributed by atoms with Gasteiger partial charge >= 0.3 is 0 Å². The number of anilines is 1. The monoisotopic (exact) mass is 298 g/mol. The van der Waals surface area contributed by atoms with E-state index in [1.807, 2.05) is 51.1 Å². The van der Waals surface area contributed by atoms with Gasteiger partial charge in [-0.3, -0.25) is 4.79 Å². The van der Waals surface area contributed by atoms with Crippen molar-refractivity contribution < 1.29 is 4.79 Å². The number of thiophene rings is 1. The van der Waals surface area contributed by atoms with Gasteiger partial charge in [-0.2, -0.15) is 5.26 Å². The zero-order chi connectivity index (χ0) is 15.4. The van der Waals surface area contributed by atoms with Crippen LogP contribution in [-0.4, -0.2) is 5.91 Å². The number of hydrogen-bond acceptors (Lipinski definition) is 3. The predicted octanol–water partition coefficient (Wildman–Crippen LogP) is 4.37. The van der Waals surface area contributed by atoms with Crippen molar-refractivity contribution in [3.8, 4) is 6.07 Å². The number of nitriles is 1. The SMILES string of the molecule is CCC(C(=O)Nc1sc(C)c(C)c1C#N)c1ccccc1. The van der Waals surface area contributed by atoms with E-state index in [1.54, 1.807) is 0 Å². The van der Waals surface area contributed by atoms with Crippen molar-refractivity contribution >= 4 is 22.2 Å². The van der Waals surface area contributed by atoms with Crippen molar-refractivity contribution in [3.63, 3.8) is 0 Å². The first kappa shape index (κ1) is 15.3. The lowest BCUT2D eigenvalue weighted by atomic mass is 9.96. The molecule has 0 spiro atoms. The van der Waals surface area contributed by atoms with Crippen LogP contribution in [-0.2, 0) is 4.79 Å². The van der Waals surface area contributed by atoms with E-state index in [4.69, 9.17) is 0 Å². The van der Waals surface area contributed by atoms with E-state index >= 15 is 0 Å². The molecule has 1 aromatic heterocycles. The Morgan fingerprint density at radius 3 is 2.57 bits per heavy atom. The molecular weight excluding hydrogens is 280 g/mol. The summed E-state index contributed by atoms with van der Waals surface area (Å²) in [5.41, 5.74) is 2.53. The van der Waals surface area contributed by atoms with Crippen molar-refractivity contribution in [2.45, 2.75) is 33.1 Å². The summed E-state index contributed by atoms with van der Waals surface area (Å²) in [5.74, 6) is -0.248. The van der Waals surface area contributed by atoms with E-state index in [9.17, 15) is 10.1 Å². The van der Waals surface area contributed by atoms with E-state index in [2.05, 4.69) is 11.4 Å². The molecule has 0 saturated carbocycles. The van der Waals surface area contributed by atoms with Crippen LogP contribution in [0.1, 0.15) is 40.8 Å². The highest BCUT2D eigenvalue weighted by Gasteiger charge is 2.21. The number of benzene rings is 1. The average Bonchev–Trinajstić information content (AvgIpc) is 2.75. The molecule has 4 heteroatoms. The Kier molecular flexibility index (Phi) is 4.77. The average molecular weight is 298 g/mol. The predicted molar refractivity (Wildman–Crippen MR) is 86.6 cm³/mol. The second-order valence-corrected chi connectivity index (χ2v) is 6.18. The minimum atomic E-state index is -0.194. The van der Waals surface area contributed by atoms with Gasteiger partial charge in [0.2, 0.25) is 5.91 Å². The number of aryl methyl sites for hydroxylation is 1. The van der Waals surface area contributed by atoms with Crippen LogP contribution in [0.3, 0.4) is 0 Å². The van der Waals surface area contributed by atoms with Gasteiger partial charge in [-0.25, -0.2) is 0 Å². The van der Waals surface area contributed by atoms with E-state index in [0.717, 1.165) is 22.4 Å². The molecule has 108 valence electrons. The van der Waals surface area contributed by atoms with E-state index in [1.165, 1.54) is 11.3 Å². The normalized spacial score (nSPS) is 11.7. The van der Waals surface area contributed by atoms with Crippen LogP contribution in [0.15, 0.2) is 30.3 Å². The summed E-state index contributed by atoms with van der Waals surface area (Å²) < 4.78 is 0. The smallest absolute Gasteiger partial charge is 0.232 e. The molecule has 0 bridgehead atoms. The van der Waals surface area contributed by atoms with E-state index in [0.29, 0.717) is 10.6 Å². The Bertz CT molecular complexity index is 683. The molecule has 1 unspecified atom stereocenters. The molecule has 0 radical (unpaired) electrons. The van der Waals surface area contributed by atoms with E-state index < -0.39 is 0 Å². The van der Waals surface area contributed by atoms with Crippen LogP contribution in [0, 0.1) is 25.2 Å². The summed E-state index contributed by atoms with van der Waals surface area (Å²) in [5, 5.41) is 12.8. The molecule has 1 N–H and O–H groups in total. The zero-order valence-corrected chi connectivity index (χ0v) is 13.3. The van der Waals surface area contributed by atoms with Crippen LogP contribution < -0.4 is 5.32 Å². The van der Waals surface area contributed by atoms with Gasteiger partial charge in [0.05, 0.1) is 11.5 Å². The summed E-state index contributed by atoms with van der Waals surface area (Å²) in [4.78, 5) is 13.6. The van der Waals surface area contributed by atoms with Gasteiger partial charge in [0, 0.05) is 4.88 Å². The Morgan fingerprint density at radius 2 is 2.00 bits per heavy atom. The third-order valence-corrected chi connectivity index (χ3v) is 4.78. The summed E-state index contributed by atoms with van der Waals surface area (Å²) in [6, 6.07) is 11.9. The Balaban J connectivity index is 2.25. The van der Waals surface area contributed by atoms with Gasteiger partial charge in [-0.15, -0.1) is 11.3 Å². The summed E-state index contributed by atoms with van der Waals surface area (Å²) in [6.45, 7) is 5.87. The maximum absolute atomic E-state index is 12.5. The maximum Gasteiger partial charge on any atom is 0.232 e. The molecule has 2 rings (SSSR count). The molecule has 21 heavy (non-hydrogen) atoms.